The molecule has 0 fully saturated rings. The minimum atomic E-state index is -1.09. The van der Waals surface area contributed by atoms with E-state index in [-0.39, 0.29) is 6.61 Å². The molecule has 0 radical (unpaired) electrons. The summed E-state index contributed by atoms with van der Waals surface area (Å²) in [6, 6.07) is 2.04. The van der Waals surface area contributed by atoms with E-state index in [9.17, 15) is 5.11 Å². The molecule has 0 bridgehead atoms. The molecule has 0 aliphatic heterocycles. The van der Waals surface area contributed by atoms with Crippen LogP contribution in [0.2, 0.25) is 0 Å². The third-order valence-corrected chi connectivity index (χ3v) is 2.05. The van der Waals surface area contributed by atoms with E-state index in [1.165, 1.54) is 7.11 Å². The highest BCUT2D eigenvalue weighted by Crippen LogP contribution is 2.29. The fourth-order valence-electron chi connectivity index (χ4n) is 0.582. The second-order valence-corrected chi connectivity index (χ2v) is 3.44. The van der Waals surface area contributed by atoms with Gasteiger partial charge in [0.05, 0.1) is 18.1 Å². The maximum atomic E-state index is 9.69. The minimum absolute atomic E-state index is 0.174. The molecule has 11 heavy (non-hydrogen) atoms. The van der Waals surface area contributed by atoms with Gasteiger partial charge in [-0.2, -0.15) is 5.26 Å². The highest BCUT2D eigenvalue weighted by atomic mass is 16.5. The van der Waals surface area contributed by atoms with Crippen LogP contribution in [0.1, 0.15) is 20.8 Å². The van der Waals surface area contributed by atoms with Crippen LogP contribution in [0.15, 0.2) is 0 Å². The van der Waals surface area contributed by atoms with E-state index in [1.807, 2.05) is 6.07 Å². The van der Waals surface area contributed by atoms with Gasteiger partial charge in [0.1, 0.15) is 5.60 Å². The Kier molecular flexibility index (Phi) is 3.03. The number of rotatable bonds is 3. The number of methoxy groups -OCH3 is 1. The predicted octanol–water partition coefficient (Wildman–Crippen LogP) is 0.934. The Bertz CT molecular complexity index is 167. The first-order chi connectivity index (χ1) is 4.87. The van der Waals surface area contributed by atoms with E-state index < -0.39 is 11.0 Å². The van der Waals surface area contributed by atoms with E-state index in [0.29, 0.717) is 0 Å². The molecule has 0 aromatic carbocycles. The van der Waals surface area contributed by atoms with Crippen LogP contribution in [0.5, 0.6) is 0 Å². The average Bonchev–Trinajstić information content (AvgIpc) is 1.87. The molecular formula is C8H15NO2. The maximum absolute atomic E-state index is 9.69. The van der Waals surface area contributed by atoms with Crippen LogP contribution in [0.25, 0.3) is 0 Å². The molecule has 64 valence electrons. The van der Waals surface area contributed by atoms with Crippen molar-refractivity contribution in [1.29, 1.82) is 5.26 Å². The molecule has 0 aliphatic rings. The molecular weight excluding hydrogens is 142 g/mol. The molecule has 0 saturated heterocycles. The molecule has 0 saturated carbocycles. The lowest BCUT2D eigenvalue weighted by molar-refractivity contribution is -0.0753. The number of ether oxygens (including phenoxy) is 1. The zero-order valence-corrected chi connectivity index (χ0v) is 7.51. The zero-order valence-electron chi connectivity index (χ0n) is 7.51. The first-order valence-corrected chi connectivity index (χ1v) is 3.50. The average molecular weight is 157 g/mol. The number of hydrogen-bond acceptors (Lipinski definition) is 3. The Labute approximate surface area is 67.6 Å². The van der Waals surface area contributed by atoms with Crippen LogP contribution in [0, 0.1) is 16.7 Å². The van der Waals surface area contributed by atoms with E-state index in [1.54, 1.807) is 20.8 Å². The Morgan fingerprint density at radius 2 is 1.91 bits per heavy atom. The van der Waals surface area contributed by atoms with Crippen LogP contribution in [-0.2, 0) is 4.74 Å². The molecule has 0 aromatic heterocycles. The summed E-state index contributed by atoms with van der Waals surface area (Å²) in [4.78, 5) is 0. The van der Waals surface area contributed by atoms with Crippen molar-refractivity contribution in [3.8, 4) is 6.07 Å². The summed E-state index contributed by atoms with van der Waals surface area (Å²) in [6.45, 7) is 5.14. The molecule has 1 N–H and O–H groups in total. The molecule has 3 heteroatoms. The number of aliphatic hydroxyl groups is 1. The lowest BCUT2D eigenvalue weighted by Gasteiger charge is -2.33. The molecule has 0 spiro atoms. The van der Waals surface area contributed by atoms with Crippen LogP contribution in [-0.4, -0.2) is 24.4 Å². The van der Waals surface area contributed by atoms with Gasteiger partial charge in [-0.05, 0) is 20.8 Å². The standard InChI is InChI=1S/C8H15NO2/c1-7(2,5-9)8(3,10)6-11-4/h10H,6H2,1-4H3. The van der Waals surface area contributed by atoms with Gasteiger partial charge < -0.3 is 9.84 Å². The van der Waals surface area contributed by atoms with Crippen molar-refractivity contribution >= 4 is 0 Å². The molecule has 0 amide bonds. The van der Waals surface area contributed by atoms with Crippen LogP contribution in [0.3, 0.4) is 0 Å². The van der Waals surface area contributed by atoms with Gasteiger partial charge in [-0.15, -0.1) is 0 Å². The van der Waals surface area contributed by atoms with E-state index >= 15 is 0 Å². The monoisotopic (exact) mass is 157 g/mol. The normalized spacial score (nSPS) is 17.1. The summed E-state index contributed by atoms with van der Waals surface area (Å²) in [5.74, 6) is 0. The van der Waals surface area contributed by atoms with Crippen molar-refractivity contribution in [2.75, 3.05) is 13.7 Å². The number of hydrogen-bond donors (Lipinski definition) is 1. The summed E-state index contributed by atoms with van der Waals surface area (Å²) < 4.78 is 4.79. The Morgan fingerprint density at radius 3 is 2.18 bits per heavy atom. The van der Waals surface area contributed by atoms with Gasteiger partial charge in [-0.3, -0.25) is 0 Å². The van der Waals surface area contributed by atoms with Gasteiger partial charge >= 0.3 is 0 Å². The topological polar surface area (TPSA) is 53.2 Å². The van der Waals surface area contributed by atoms with Gasteiger partial charge in [0, 0.05) is 7.11 Å². The van der Waals surface area contributed by atoms with Gasteiger partial charge in [0.25, 0.3) is 0 Å². The summed E-state index contributed by atoms with van der Waals surface area (Å²) in [5.41, 5.74) is -1.86. The highest BCUT2D eigenvalue weighted by molar-refractivity contribution is 5.04. The van der Waals surface area contributed by atoms with Gasteiger partial charge in [0.2, 0.25) is 0 Å². The summed E-state index contributed by atoms with van der Waals surface area (Å²) in [6.07, 6.45) is 0. The molecule has 1 unspecified atom stereocenters. The van der Waals surface area contributed by atoms with Crippen LogP contribution in [0.4, 0.5) is 0 Å². The first kappa shape index (κ1) is 10.4. The number of nitrogens with zero attached hydrogens (tertiary/aromatic N) is 1. The third kappa shape index (κ3) is 2.18. The smallest absolute Gasteiger partial charge is 0.103 e. The minimum Gasteiger partial charge on any atom is -0.386 e. The predicted molar refractivity (Wildman–Crippen MR) is 41.9 cm³/mol. The molecule has 0 aliphatic carbocycles. The van der Waals surface area contributed by atoms with E-state index in [2.05, 4.69) is 0 Å². The largest absolute Gasteiger partial charge is 0.386 e. The van der Waals surface area contributed by atoms with Gasteiger partial charge in [-0.1, -0.05) is 0 Å². The molecule has 0 aromatic rings. The maximum Gasteiger partial charge on any atom is 0.103 e. The SMILES string of the molecule is COCC(C)(O)C(C)(C)C#N. The van der Waals surface area contributed by atoms with Gasteiger partial charge in [0.15, 0.2) is 0 Å². The van der Waals surface area contributed by atoms with Crippen molar-refractivity contribution in [2.45, 2.75) is 26.4 Å². The Morgan fingerprint density at radius 1 is 1.45 bits per heavy atom. The summed E-state index contributed by atoms with van der Waals surface area (Å²) >= 11 is 0. The lowest BCUT2D eigenvalue weighted by atomic mass is 9.78. The second kappa shape index (κ2) is 3.21. The van der Waals surface area contributed by atoms with Crippen molar-refractivity contribution in [3.63, 3.8) is 0 Å². The fraction of sp³-hybridized carbons (Fsp3) is 0.875. The number of nitriles is 1. The van der Waals surface area contributed by atoms with E-state index in [4.69, 9.17) is 10.00 Å². The fourth-order valence-corrected chi connectivity index (χ4v) is 0.582. The van der Waals surface area contributed by atoms with Crippen molar-refractivity contribution in [2.24, 2.45) is 5.41 Å². The highest BCUT2D eigenvalue weighted by Gasteiger charge is 2.39. The molecule has 0 heterocycles. The molecule has 0 rings (SSSR count). The third-order valence-electron chi connectivity index (χ3n) is 2.05. The van der Waals surface area contributed by atoms with Gasteiger partial charge in [-0.25, -0.2) is 0 Å². The first-order valence-electron chi connectivity index (χ1n) is 3.50. The summed E-state index contributed by atoms with van der Waals surface area (Å²) in [5, 5.41) is 18.4. The lowest BCUT2D eigenvalue weighted by Crippen LogP contribution is -2.44. The van der Waals surface area contributed by atoms with Crippen molar-refractivity contribution in [1.82, 2.24) is 0 Å². The quantitative estimate of drug-likeness (QED) is 0.663. The zero-order chi connectivity index (χ0) is 9.12. The molecule has 3 nitrogen and oxygen atoms in total. The molecule has 1 atom stereocenters. The second-order valence-electron chi connectivity index (χ2n) is 3.44. The van der Waals surface area contributed by atoms with Crippen molar-refractivity contribution in [3.05, 3.63) is 0 Å². The van der Waals surface area contributed by atoms with Crippen molar-refractivity contribution < 1.29 is 9.84 Å². The van der Waals surface area contributed by atoms with Crippen LogP contribution >= 0.6 is 0 Å². The van der Waals surface area contributed by atoms with E-state index in [0.717, 1.165) is 0 Å². The Balaban J connectivity index is 4.42. The summed E-state index contributed by atoms with van der Waals surface area (Å²) in [7, 11) is 1.50. The Hall–Kier alpha value is -0.590. The van der Waals surface area contributed by atoms with Crippen LogP contribution < -0.4 is 0 Å².